The maximum Gasteiger partial charge on any atom is 0.408 e. The SMILES string of the molecule is CCc1cc(=O)oc2c(C)c(OC(=O)C(NC(=O)OC(C)(C)C)C(C)C)ccc12. The molecule has 2 aromatic rings. The van der Waals surface area contributed by atoms with Crippen molar-refractivity contribution < 1.29 is 23.5 Å². The Morgan fingerprint density at radius 2 is 1.86 bits per heavy atom. The number of hydrogen-bond acceptors (Lipinski definition) is 6. The van der Waals surface area contributed by atoms with E-state index in [1.807, 2.05) is 6.92 Å². The molecule has 0 aliphatic carbocycles. The maximum atomic E-state index is 12.7. The van der Waals surface area contributed by atoms with Crippen LogP contribution < -0.4 is 15.7 Å². The number of alkyl carbamates (subject to hydrolysis) is 1. The molecule has 1 amide bonds. The fourth-order valence-corrected chi connectivity index (χ4v) is 2.92. The topological polar surface area (TPSA) is 94.8 Å². The van der Waals surface area contributed by atoms with Crippen LogP contribution in [0.5, 0.6) is 5.75 Å². The van der Waals surface area contributed by atoms with Crippen LogP contribution in [0.15, 0.2) is 27.4 Å². The van der Waals surface area contributed by atoms with Crippen molar-refractivity contribution in [3.05, 3.63) is 39.7 Å². The summed E-state index contributed by atoms with van der Waals surface area (Å²) in [6, 6.07) is 4.00. The van der Waals surface area contributed by atoms with Gasteiger partial charge in [0.2, 0.25) is 0 Å². The highest BCUT2D eigenvalue weighted by atomic mass is 16.6. The zero-order chi connectivity index (χ0) is 21.9. The van der Waals surface area contributed by atoms with E-state index in [2.05, 4.69) is 5.32 Å². The van der Waals surface area contributed by atoms with Crippen molar-refractivity contribution in [1.82, 2.24) is 5.32 Å². The lowest BCUT2D eigenvalue weighted by Gasteiger charge is -2.24. The van der Waals surface area contributed by atoms with Crippen LogP contribution in [0.25, 0.3) is 11.0 Å². The first-order valence-electron chi connectivity index (χ1n) is 9.70. The Labute approximate surface area is 170 Å². The number of carbonyl (C=O) groups is 2. The van der Waals surface area contributed by atoms with Crippen LogP contribution in [0.1, 0.15) is 52.7 Å². The number of benzene rings is 1. The summed E-state index contributed by atoms with van der Waals surface area (Å²) < 4.78 is 16.1. The molecular formula is C22H29NO6. The second-order valence-corrected chi connectivity index (χ2v) is 8.30. The fraction of sp³-hybridized carbons (Fsp3) is 0.500. The van der Waals surface area contributed by atoms with E-state index in [4.69, 9.17) is 13.9 Å². The monoisotopic (exact) mass is 403 g/mol. The second-order valence-electron chi connectivity index (χ2n) is 8.30. The van der Waals surface area contributed by atoms with Crippen molar-refractivity contribution in [2.75, 3.05) is 0 Å². The molecule has 1 atom stereocenters. The molecule has 0 radical (unpaired) electrons. The molecule has 0 saturated heterocycles. The van der Waals surface area contributed by atoms with Gasteiger partial charge >= 0.3 is 17.7 Å². The minimum Gasteiger partial charge on any atom is -0.444 e. The minimum atomic E-state index is -0.895. The molecule has 0 aliphatic heterocycles. The molecule has 1 heterocycles. The molecule has 1 unspecified atom stereocenters. The normalized spacial score (nSPS) is 12.7. The molecule has 158 valence electrons. The molecule has 0 bridgehead atoms. The first-order valence-corrected chi connectivity index (χ1v) is 9.70. The maximum absolute atomic E-state index is 12.7. The van der Waals surface area contributed by atoms with Gasteiger partial charge in [0.25, 0.3) is 0 Å². The lowest BCUT2D eigenvalue weighted by molar-refractivity contribution is -0.138. The van der Waals surface area contributed by atoms with Gasteiger partial charge in [-0.1, -0.05) is 20.8 Å². The molecule has 2 rings (SSSR count). The van der Waals surface area contributed by atoms with Crippen LogP contribution in [-0.4, -0.2) is 23.7 Å². The average molecular weight is 403 g/mol. The van der Waals surface area contributed by atoms with Crippen LogP contribution in [0, 0.1) is 12.8 Å². The van der Waals surface area contributed by atoms with E-state index >= 15 is 0 Å². The van der Waals surface area contributed by atoms with Gasteiger partial charge in [-0.05, 0) is 57.7 Å². The highest BCUT2D eigenvalue weighted by Gasteiger charge is 2.29. The van der Waals surface area contributed by atoms with Crippen molar-refractivity contribution in [3.8, 4) is 5.75 Å². The Morgan fingerprint density at radius 1 is 1.21 bits per heavy atom. The van der Waals surface area contributed by atoms with Gasteiger partial charge in [-0.2, -0.15) is 0 Å². The number of hydrogen-bond donors (Lipinski definition) is 1. The summed E-state index contributed by atoms with van der Waals surface area (Å²) in [7, 11) is 0. The number of fused-ring (bicyclic) bond motifs is 1. The van der Waals surface area contributed by atoms with Gasteiger partial charge in [0.15, 0.2) is 0 Å². The Morgan fingerprint density at radius 3 is 2.41 bits per heavy atom. The molecule has 1 aromatic carbocycles. The third kappa shape index (κ3) is 5.59. The van der Waals surface area contributed by atoms with Crippen molar-refractivity contribution >= 4 is 23.0 Å². The minimum absolute atomic E-state index is 0.222. The number of rotatable bonds is 5. The van der Waals surface area contributed by atoms with Gasteiger partial charge in [0.1, 0.15) is 23.0 Å². The first-order chi connectivity index (χ1) is 13.4. The van der Waals surface area contributed by atoms with Crippen LogP contribution in [0.2, 0.25) is 0 Å². The summed E-state index contributed by atoms with van der Waals surface area (Å²) in [5.74, 6) is -0.571. The van der Waals surface area contributed by atoms with E-state index in [-0.39, 0.29) is 11.7 Å². The number of carbonyl (C=O) groups excluding carboxylic acids is 2. The summed E-state index contributed by atoms with van der Waals surface area (Å²) in [6.45, 7) is 12.5. The molecule has 1 N–H and O–H groups in total. The van der Waals surface area contributed by atoms with E-state index < -0.39 is 29.3 Å². The third-order valence-corrected chi connectivity index (χ3v) is 4.38. The van der Waals surface area contributed by atoms with Gasteiger partial charge in [-0.3, -0.25) is 0 Å². The summed E-state index contributed by atoms with van der Waals surface area (Å²) in [4.78, 5) is 36.7. The summed E-state index contributed by atoms with van der Waals surface area (Å²) in [6.07, 6.45) is -0.0161. The number of aryl methyl sites for hydroxylation is 2. The molecular weight excluding hydrogens is 374 g/mol. The number of ether oxygens (including phenoxy) is 2. The fourth-order valence-electron chi connectivity index (χ4n) is 2.92. The van der Waals surface area contributed by atoms with Crippen molar-refractivity contribution in [2.45, 2.75) is 66.5 Å². The quantitative estimate of drug-likeness (QED) is 0.458. The zero-order valence-corrected chi connectivity index (χ0v) is 18.0. The van der Waals surface area contributed by atoms with Crippen LogP contribution in [0.3, 0.4) is 0 Å². The number of amides is 1. The van der Waals surface area contributed by atoms with Gasteiger partial charge in [0, 0.05) is 17.0 Å². The van der Waals surface area contributed by atoms with E-state index in [0.29, 0.717) is 17.6 Å². The largest absolute Gasteiger partial charge is 0.444 e. The predicted octanol–water partition coefficient (Wildman–Crippen LogP) is 4.12. The van der Waals surface area contributed by atoms with Crippen LogP contribution in [-0.2, 0) is 16.0 Å². The third-order valence-electron chi connectivity index (χ3n) is 4.38. The van der Waals surface area contributed by atoms with Crippen molar-refractivity contribution in [2.24, 2.45) is 5.92 Å². The molecule has 7 nitrogen and oxygen atoms in total. The number of esters is 1. The first kappa shape index (κ1) is 22.5. The Kier molecular flexibility index (Phi) is 6.72. The summed E-state index contributed by atoms with van der Waals surface area (Å²) in [5.41, 5.74) is 0.666. The molecule has 29 heavy (non-hydrogen) atoms. The highest BCUT2D eigenvalue weighted by Crippen LogP contribution is 2.29. The smallest absolute Gasteiger partial charge is 0.408 e. The summed E-state index contributed by atoms with van der Waals surface area (Å²) >= 11 is 0. The Bertz CT molecular complexity index is 968. The average Bonchev–Trinajstić information content (AvgIpc) is 2.59. The summed E-state index contributed by atoms with van der Waals surface area (Å²) in [5, 5.41) is 3.37. The van der Waals surface area contributed by atoms with Gasteiger partial charge in [-0.15, -0.1) is 0 Å². The van der Waals surface area contributed by atoms with Crippen LogP contribution >= 0.6 is 0 Å². The predicted molar refractivity (Wildman–Crippen MR) is 110 cm³/mol. The Hall–Kier alpha value is -2.83. The molecule has 0 fully saturated rings. The van der Waals surface area contributed by atoms with E-state index in [1.54, 1.807) is 53.7 Å². The van der Waals surface area contributed by atoms with E-state index in [0.717, 1.165) is 10.9 Å². The molecule has 0 spiro atoms. The highest BCUT2D eigenvalue weighted by molar-refractivity contribution is 5.88. The lowest BCUT2D eigenvalue weighted by atomic mass is 10.0. The van der Waals surface area contributed by atoms with E-state index in [9.17, 15) is 14.4 Å². The second kappa shape index (κ2) is 8.68. The molecule has 1 aromatic heterocycles. The van der Waals surface area contributed by atoms with Gasteiger partial charge in [0.05, 0.1) is 0 Å². The van der Waals surface area contributed by atoms with Crippen molar-refractivity contribution in [3.63, 3.8) is 0 Å². The van der Waals surface area contributed by atoms with E-state index in [1.165, 1.54) is 6.07 Å². The lowest BCUT2D eigenvalue weighted by Crippen LogP contribution is -2.48. The van der Waals surface area contributed by atoms with Gasteiger partial charge in [-0.25, -0.2) is 14.4 Å². The molecule has 0 saturated carbocycles. The Balaban J connectivity index is 2.30. The standard InChI is InChI=1S/C22H29NO6/c1-8-14-11-17(24)28-19-13(4)16(10-9-15(14)19)27-20(25)18(12(2)3)23-21(26)29-22(5,6)7/h9-12,18H,8H2,1-7H3,(H,23,26). The molecule has 7 heteroatoms. The number of nitrogens with one attached hydrogen (secondary N) is 1. The van der Waals surface area contributed by atoms with Gasteiger partial charge < -0.3 is 19.2 Å². The van der Waals surface area contributed by atoms with Crippen LogP contribution in [0.4, 0.5) is 4.79 Å². The van der Waals surface area contributed by atoms with Crippen molar-refractivity contribution in [1.29, 1.82) is 0 Å². The zero-order valence-electron chi connectivity index (χ0n) is 18.0. The molecule has 0 aliphatic rings.